The molecule has 0 bridgehead atoms. The number of nitrogens with one attached hydrogen (secondary N) is 1. The molecule has 2 aliphatic rings. The Morgan fingerprint density at radius 1 is 1.09 bits per heavy atom. The van der Waals surface area contributed by atoms with Gasteiger partial charge in [-0.2, -0.15) is 0 Å². The molecule has 0 spiro atoms. The Morgan fingerprint density at radius 3 is 2.18 bits per heavy atom. The summed E-state index contributed by atoms with van der Waals surface area (Å²) in [6.07, 6.45) is 1.27. The van der Waals surface area contributed by atoms with Gasteiger partial charge in [-0.3, -0.25) is 29.4 Å². The molecular weight excluding hydrogens is 284 g/mol. The number of nitrogens with zero attached hydrogens (tertiary/aromatic N) is 1. The van der Waals surface area contributed by atoms with Gasteiger partial charge >= 0.3 is 0 Å². The zero-order valence-corrected chi connectivity index (χ0v) is 12.2. The van der Waals surface area contributed by atoms with E-state index in [0.29, 0.717) is 24.0 Å². The predicted octanol–water partition coefficient (Wildman–Crippen LogP) is 1.26. The maximum absolute atomic E-state index is 12.7. The van der Waals surface area contributed by atoms with Gasteiger partial charge in [0.05, 0.1) is 11.1 Å². The highest BCUT2D eigenvalue weighted by Gasteiger charge is 2.54. The summed E-state index contributed by atoms with van der Waals surface area (Å²) < 4.78 is 0. The predicted molar refractivity (Wildman–Crippen MR) is 77.0 cm³/mol. The zero-order chi connectivity index (χ0) is 15.9. The van der Waals surface area contributed by atoms with Gasteiger partial charge in [0.1, 0.15) is 5.54 Å². The molecule has 1 fully saturated rings. The number of rotatable bonds is 3. The van der Waals surface area contributed by atoms with Crippen molar-refractivity contribution in [2.45, 2.75) is 38.1 Å². The van der Waals surface area contributed by atoms with Crippen LogP contribution in [0.1, 0.15) is 53.3 Å². The van der Waals surface area contributed by atoms with Crippen LogP contribution in [0, 0.1) is 0 Å². The lowest BCUT2D eigenvalue weighted by molar-refractivity contribution is -0.142. The van der Waals surface area contributed by atoms with Gasteiger partial charge in [0.15, 0.2) is 0 Å². The van der Waals surface area contributed by atoms with E-state index >= 15 is 0 Å². The minimum Gasteiger partial charge on any atom is -0.294 e. The average molecular weight is 300 g/mol. The summed E-state index contributed by atoms with van der Waals surface area (Å²) in [5.74, 6) is -1.84. The standard InChI is InChI=1S/C16H16N2O4/c1-2-8-16(9-7-12(19)17-15(16)22)18-13(20)10-5-3-4-6-11(10)14(18)21/h3-6H,2,7-9H2,1H3,(H,17,19,22)/t16-/m1/s1. The molecule has 6 heteroatoms. The van der Waals surface area contributed by atoms with Crippen molar-refractivity contribution >= 4 is 23.6 Å². The number of imide groups is 2. The van der Waals surface area contributed by atoms with Crippen molar-refractivity contribution in [1.29, 1.82) is 0 Å². The van der Waals surface area contributed by atoms with E-state index < -0.39 is 23.3 Å². The highest BCUT2D eigenvalue weighted by molar-refractivity contribution is 6.24. The van der Waals surface area contributed by atoms with Crippen molar-refractivity contribution in [3.05, 3.63) is 35.4 Å². The molecule has 1 aromatic rings. The van der Waals surface area contributed by atoms with Gasteiger partial charge < -0.3 is 0 Å². The van der Waals surface area contributed by atoms with E-state index in [9.17, 15) is 19.2 Å². The minimum atomic E-state index is -1.27. The topological polar surface area (TPSA) is 83.6 Å². The van der Waals surface area contributed by atoms with Gasteiger partial charge in [-0.25, -0.2) is 0 Å². The SMILES string of the molecule is CCC[C@@]1(N2C(=O)c3ccccc3C2=O)CCC(=O)NC1=O. The first-order valence-corrected chi connectivity index (χ1v) is 7.33. The molecule has 1 atom stereocenters. The first kappa shape index (κ1) is 14.4. The average Bonchev–Trinajstić information content (AvgIpc) is 2.76. The number of carbonyl (C=O) groups excluding carboxylic acids is 4. The smallest absolute Gasteiger partial charge is 0.262 e. The molecule has 3 rings (SSSR count). The summed E-state index contributed by atoms with van der Waals surface area (Å²) in [4.78, 5) is 50.3. The van der Waals surface area contributed by atoms with Crippen LogP contribution in [0.4, 0.5) is 0 Å². The molecule has 1 saturated heterocycles. The highest BCUT2D eigenvalue weighted by atomic mass is 16.2. The summed E-state index contributed by atoms with van der Waals surface area (Å²) in [5, 5.41) is 2.28. The lowest BCUT2D eigenvalue weighted by Gasteiger charge is -2.41. The zero-order valence-electron chi connectivity index (χ0n) is 12.2. The van der Waals surface area contributed by atoms with Crippen molar-refractivity contribution in [2.75, 3.05) is 0 Å². The second-order valence-corrected chi connectivity index (χ2v) is 5.65. The van der Waals surface area contributed by atoms with E-state index in [0.717, 1.165) is 4.90 Å². The first-order chi connectivity index (χ1) is 10.5. The van der Waals surface area contributed by atoms with Crippen LogP contribution in [-0.2, 0) is 9.59 Å². The van der Waals surface area contributed by atoms with Crippen LogP contribution in [0.15, 0.2) is 24.3 Å². The van der Waals surface area contributed by atoms with Crippen molar-refractivity contribution in [3.63, 3.8) is 0 Å². The van der Waals surface area contributed by atoms with E-state index in [1.54, 1.807) is 24.3 Å². The van der Waals surface area contributed by atoms with Crippen molar-refractivity contribution in [3.8, 4) is 0 Å². The van der Waals surface area contributed by atoms with E-state index in [1.165, 1.54) is 0 Å². The first-order valence-electron chi connectivity index (χ1n) is 7.33. The monoisotopic (exact) mass is 300 g/mol. The molecule has 0 aromatic heterocycles. The molecular formula is C16H16N2O4. The number of amides is 4. The maximum atomic E-state index is 12.7. The molecule has 114 valence electrons. The van der Waals surface area contributed by atoms with Crippen LogP contribution in [0.25, 0.3) is 0 Å². The Hall–Kier alpha value is -2.50. The second kappa shape index (κ2) is 5.05. The maximum Gasteiger partial charge on any atom is 0.262 e. The lowest BCUT2D eigenvalue weighted by atomic mass is 9.83. The largest absolute Gasteiger partial charge is 0.294 e. The van der Waals surface area contributed by atoms with E-state index in [2.05, 4.69) is 5.32 Å². The number of fused-ring (bicyclic) bond motifs is 1. The molecule has 1 aromatic carbocycles. The molecule has 0 unspecified atom stereocenters. The fraction of sp³-hybridized carbons (Fsp3) is 0.375. The number of piperidine rings is 1. The Labute approximate surface area is 127 Å². The molecule has 0 radical (unpaired) electrons. The molecule has 6 nitrogen and oxygen atoms in total. The third-order valence-electron chi connectivity index (χ3n) is 4.33. The fourth-order valence-electron chi connectivity index (χ4n) is 3.29. The van der Waals surface area contributed by atoms with Crippen LogP contribution in [0.3, 0.4) is 0 Å². The van der Waals surface area contributed by atoms with E-state index in [4.69, 9.17) is 0 Å². The van der Waals surface area contributed by atoms with Gasteiger partial charge in [0, 0.05) is 6.42 Å². The van der Waals surface area contributed by atoms with Crippen LogP contribution in [0.2, 0.25) is 0 Å². The fourth-order valence-corrected chi connectivity index (χ4v) is 3.29. The van der Waals surface area contributed by atoms with Crippen molar-refractivity contribution in [2.24, 2.45) is 0 Å². The van der Waals surface area contributed by atoms with Crippen LogP contribution in [-0.4, -0.2) is 34.1 Å². The molecule has 0 saturated carbocycles. The summed E-state index contributed by atoms with van der Waals surface area (Å²) in [7, 11) is 0. The van der Waals surface area contributed by atoms with Crippen LogP contribution >= 0.6 is 0 Å². The number of carbonyl (C=O) groups is 4. The minimum absolute atomic E-state index is 0.124. The molecule has 2 aliphatic heterocycles. The van der Waals surface area contributed by atoms with Gasteiger partial charge in [-0.1, -0.05) is 25.5 Å². The molecule has 0 aliphatic carbocycles. The quantitative estimate of drug-likeness (QED) is 0.852. The lowest BCUT2D eigenvalue weighted by Crippen LogP contribution is -2.64. The van der Waals surface area contributed by atoms with E-state index in [-0.39, 0.29) is 18.7 Å². The van der Waals surface area contributed by atoms with Gasteiger partial charge in [0.25, 0.3) is 17.7 Å². The van der Waals surface area contributed by atoms with Gasteiger partial charge in [-0.05, 0) is 25.0 Å². The van der Waals surface area contributed by atoms with Crippen molar-refractivity contribution in [1.82, 2.24) is 10.2 Å². The number of hydrogen-bond donors (Lipinski definition) is 1. The van der Waals surface area contributed by atoms with E-state index in [1.807, 2.05) is 6.92 Å². The Balaban J connectivity index is 2.08. The normalized spacial score (nSPS) is 24.5. The third kappa shape index (κ3) is 1.87. The van der Waals surface area contributed by atoms with Gasteiger partial charge in [-0.15, -0.1) is 0 Å². The summed E-state index contributed by atoms with van der Waals surface area (Å²) in [5.41, 5.74) is -0.643. The Kier molecular flexibility index (Phi) is 3.31. The molecule has 22 heavy (non-hydrogen) atoms. The summed E-state index contributed by atoms with van der Waals surface area (Å²) >= 11 is 0. The number of benzene rings is 1. The molecule has 4 amide bonds. The third-order valence-corrected chi connectivity index (χ3v) is 4.33. The van der Waals surface area contributed by atoms with Crippen LogP contribution < -0.4 is 5.32 Å². The Bertz CT molecular complexity index is 662. The number of hydrogen-bond acceptors (Lipinski definition) is 4. The van der Waals surface area contributed by atoms with Crippen LogP contribution in [0.5, 0.6) is 0 Å². The molecule has 1 N–H and O–H groups in total. The molecule has 2 heterocycles. The second-order valence-electron chi connectivity index (χ2n) is 5.65. The summed E-state index contributed by atoms with van der Waals surface area (Å²) in [6, 6.07) is 6.54. The Morgan fingerprint density at radius 2 is 1.68 bits per heavy atom. The highest BCUT2D eigenvalue weighted by Crippen LogP contribution is 2.37. The van der Waals surface area contributed by atoms with Gasteiger partial charge in [0.2, 0.25) is 5.91 Å². The summed E-state index contributed by atoms with van der Waals surface area (Å²) in [6.45, 7) is 1.88. The van der Waals surface area contributed by atoms with Crippen molar-refractivity contribution < 1.29 is 19.2 Å².